The summed E-state index contributed by atoms with van der Waals surface area (Å²) in [5.41, 5.74) is 1.58. The van der Waals surface area contributed by atoms with Crippen molar-refractivity contribution in [2.24, 2.45) is 0 Å². The van der Waals surface area contributed by atoms with Crippen molar-refractivity contribution in [3.63, 3.8) is 0 Å². The largest absolute Gasteiger partial charge is 0.305 e. The van der Waals surface area contributed by atoms with Crippen LogP contribution in [0, 0.1) is 0 Å². The summed E-state index contributed by atoms with van der Waals surface area (Å²) in [6.45, 7) is 0. The molecular formula is C17H11O2PS. The molecule has 4 heteroatoms. The van der Waals surface area contributed by atoms with E-state index in [4.69, 9.17) is 0 Å². The van der Waals surface area contributed by atoms with E-state index in [9.17, 15) is 9.36 Å². The number of fused-ring (bicyclic) bond motifs is 3. The van der Waals surface area contributed by atoms with Gasteiger partial charge in [0.1, 0.15) is 0 Å². The topological polar surface area (TPSA) is 34.1 Å². The molecule has 0 spiro atoms. The van der Waals surface area contributed by atoms with Crippen molar-refractivity contribution in [3.05, 3.63) is 70.9 Å². The van der Waals surface area contributed by atoms with Gasteiger partial charge in [0.15, 0.2) is 0 Å². The third-order valence-electron chi connectivity index (χ3n) is 3.79. The molecule has 0 amide bonds. The second-order valence-electron chi connectivity index (χ2n) is 4.93. The lowest BCUT2D eigenvalue weighted by Gasteiger charge is -2.12. The smallest absolute Gasteiger partial charge is 0.239 e. The Morgan fingerprint density at radius 1 is 0.810 bits per heavy atom. The van der Waals surface area contributed by atoms with Gasteiger partial charge in [-0.3, -0.25) is 4.79 Å². The van der Waals surface area contributed by atoms with Crippen LogP contribution in [0.2, 0.25) is 0 Å². The van der Waals surface area contributed by atoms with E-state index in [-0.39, 0.29) is 5.52 Å². The molecule has 3 aromatic rings. The Labute approximate surface area is 126 Å². The molecule has 21 heavy (non-hydrogen) atoms. The van der Waals surface area contributed by atoms with Gasteiger partial charge in [-0.05, 0) is 22.6 Å². The molecule has 0 saturated heterocycles. The van der Waals surface area contributed by atoms with Gasteiger partial charge in [-0.15, -0.1) is 11.3 Å². The van der Waals surface area contributed by atoms with Gasteiger partial charge in [0.2, 0.25) is 12.7 Å². The zero-order chi connectivity index (χ0) is 14.4. The highest BCUT2D eigenvalue weighted by Gasteiger charge is 2.44. The van der Waals surface area contributed by atoms with E-state index in [0.29, 0.717) is 15.5 Å². The number of carbonyl (C=O) groups excluding carboxylic acids is 1. The summed E-state index contributed by atoms with van der Waals surface area (Å²) < 4.78 is 13.7. The fourth-order valence-electron chi connectivity index (χ4n) is 2.86. The molecule has 0 saturated carbocycles. The van der Waals surface area contributed by atoms with Gasteiger partial charge in [-0.1, -0.05) is 54.6 Å². The molecule has 4 rings (SSSR count). The summed E-state index contributed by atoms with van der Waals surface area (Å²) in [6.07, 6.45) is 0. The number of hydrogen-bond donors (Lipinski definition) is 0. The predicted octanol–water partition coefficient (Wildman–Crippen LogP) is 3.88. The molecule has 2 heterocycles. The van der Waals surface area contributed by atoms with E-state index in [1.807, 2.05) is 60.0 Å². The third kappa shape index (κ3) is 1.65. The first-order valence-electron chi connectivity index (χ1n) is 6.61. The average molecular weight is 310 g/mol. The van der Waals surface area contributed by atoms with E-state index < -0.39 is 7.14 Å². The van der Waals surface area contributed by atoms with Crippen LogP contribution in [-0.2, 0) is 4.57 Å². The second kappa shape index (κ2) is 4.52. The molecule has 102 valence electrons. The Bertz CT molecular complexity index is 847. The van der Waals surface area contributed by atoms with Gasteiger partial charge in [0.25, 0.3) is 0 Å². The van der Waals surface area contributed by atoms with Crippen LogP contribution in [0.1, 0.15) is 9.67 Å². The molecule has 0 bridgehead atoms. The Morgan fingerprint density at radius 2 is 1.38 bits per heavy atom. The molecule has 0 radical (unpaired) electrons. The predicted molar refractivity (Wildman–Crippen MR) is 87.4 cm³/mol. The van der Waals surface area contributed by atoms with Crippen molar-refractivity contribution in [2.45, 2.75) is 0 Å². The van der Waals surface area contributed by atoms with E-state index in [2.05, 4.69) is 0 Å². The molecule has 1 aromatic heterocycles. The highest BCUT2D eigenvalue weighted by molar-refractivity contribution is 7.94. The zero-order valence-corrected chi connectivity index (χ0v) is 12.7. The maximum atomic E-state index is 13.7. The third-order valence-corrected chi connectivity index (χ3v) is 7.76. The molecule has 2 aromatic carbocycles. The quantitative estimate of drug-likeness (QED) is 0.673. The van der Waals surface area contributed by atoms with Crippen molar-refractivity contribution < 1.29 is 9.36 Å². The van der Waals surface area contributed by atoms with E-state index >= 15 is 0 Å². The summed E-state index contributed by atoms with van der Waals surface area (Å²) >= 11 is 1.34. The molecule has 0 aliphatic carbocycles. The summed E-state index contributed by atoms with van der Waals surface area (Å²) in [7, 11) is -3.26. The van der Waals surface area contributed by atoms with E-state index in [0.717, 1.165) is 11.1 Å². The Morgan fingerprint density at radius 3 is 1.90 bits per heavy atom. The van der Waals surface area contributed by atoms with Gasteiger partial charge in [0, 0.05) is 10.6 Å². The number of hydrogen-bond acceptors (Lipinski definition) is 3. The molecule has 0 unspecified atom stereocenters. The van der Waals surface area contributed by atoms with E-state index in [1.54, 1.807) is 6.07 Å². The van der Waals surface area contributed by atoms with Gasteiger partial charge >= 0.3 is 0 Å². The van der Waals surface area contributed by atoms with Gasteiger partial charge < -0.3 is 4.57 Å². The summed E-state index contributed by atoms with van der Waals surface area (Å²) in [5.74, 6) is 0. The highest BCUT2D eigenvalue weighted by atomic mass is 32.1. The fraction of sp³-hybridized carbons (Fsp3) is 0. The van der Waals surface area contributed by atoms with Gasteiger partial charge in [-0.25, -0.2) is 0 Å². The Kier molecular flexibility index (Phi) is 2.75. The SMILES string of the molecule is O=C(c1cccs1)P1(=O)c2ccccc2-c2ccccc21. The van der Waals surface area contributed by atoms with Crippen LogP contribution in [0.25, 0.3) is 11.1 Å². The van der Waals surface area contributed by atoms with Crippen LogP contribution < -0.4 is 10.6 Å². The molecule has 0 atom stereocenters. The van der Waals surface area contributed by atoms with Crippen molar-refractivity contribution in [2.75, 3.05) is 0 Å². The monoisotopic (exact) mass is 310 g/mol. The molecule has 2 nitrogen and oxygen atoms in total. The second-order valence-corrected chi connectivity index (χ2v) is 8.46. The normalized spacial score (nSPS) is 14.5. The van der Waals surface area contributed by atoms with Crippen LogP contribution in [0.3, 0.4) is 0 Å². The lowest BCUT2D eigenvalue weighted by Crippen LogP contribution is -2.17. The highest BCUT2D eigenvalue weighted by Crippen LogP contribution is 2.55. The lowest BCUT2D eigenvalue weighted by atomic mass is 10.1. The molecule has 1 aliphatic rings. The average Bonchev–Trinajstić information content (AvgIpc) is 3.15. The maximum absolute atomic E-state index is 13.7. The van der Waals surface area contributed by atoms with Crippen molar-refractivity contribution >= 4 is 34.6 Å². The van der Waals surface area contributed by atoms with Crippen molar-refractivity contribution in [3.8, 4) is 11.1 Å². The summed E-state index contributed by atoms with van der Waals surface area (Å²) in [5, 5.41) is 3.18. The molecular weight excluding hydrogens is 299 g/mol. The first-order chi connectivity index (χ1) is 10.2. The van der Waals surface area contributed by atoms with Crippen LogP contribution in [0.15, 0.2) is 66.0 Å². The van der Waals surface area contributed by atoms with Crippen molar-refractivity contribution in [1.82, 2.24) is 0 Å². The first kappa shape index (κ1) is 12.8. The Balaban J connectivity index is 2.05. The van der Waals surface area contributed by atoms with Gasteiger partial charge in [-0.2, -0.15) is 0 Å². The summed E-state index contributed by atoms with van der Waals surface area (Å²) in [4.78, 5) is 13.5. The lowest BCUT2D eigenvalue weighted by molar-refractivity contribution is 0.108. The van der Waals surface area contributed by atoms with Crippen LogP contribution >= 0.6 is 18.5 Å². The number of carbonyl (C=O) groups is 1. The van der Waals surface area contributed by atoms with Crippen LogP contribution in [-0.4, -0.2) is 5.52 Å². The number of benzene rings is 2. The van der Waals surface area contributed by atoms with Crippen LogP contribution in [0.4, 0.5) is 0 Å². The molecule has 0 fully saturated rings. The minimum absolute atomic E-state index is 0.255. The summed E-state index contributed by atoms with van der Waals surface area (Å²) in [6, 6.07) is 18.6. The minimum atomic E-state index is -3.26. The first-order valence-corrected chi connectivity index (χ1v) is 9.19. The number of rotatable bonds is 2. The fourth-order valence-corrected chi connectivity index (χ4v) is 6.70. The van der Waals surface area contributed by atoms with Gasteiger partial charge in [0.05, 0.1) is 4.88 Å². The molecule has 0 N–H and O–H groups in total. The van der Waals surface area contributed by atoms with Crippen molar-refractivity contribution in [1.29, 1.82) is 0 Å². The Hall–Kier alpha value is -1.96. The van der Waals surface area contributed by atoms with Crippen LogP contribution in [0.5, 0.6) is 0 Å². The number of thiophene rings is 1. The standard InChI is InChI=1S/C17H11O2PS/c18-17(16-10-5-11-21-16)20(19)14-8-3-1-6-12(14)13-7-2-4-9-15(13)20/h1-11H. The zero-order valence-electron chi connectivity index (χ0n) is 11.0. The molecule has 1 aliphatic heterocycles. The maximum Gasteiger partial charge on any atom is 0.239 e. The minimum Gasteiger partial charge on any atom is -0.305 e. The van der Waals surface area contributed by atoms with E-state index in [1.165, 1.54) is 11.3 Å².